The van der Waals surface area contributed by atoms with Crippen LogP contribution in [0.15, 0.2) is 22.7 Å². The molecule has 4 unspecified atom stereocenters. The topological polar surface area (TPSA) is 98.7 Å². The molecular formula is C19H22BrN3O4. The van der Waals surface area contributed by atoms with Crippen molar-refractivity contribution in [3.63, 3.8) is 0 Å². The fourth-order valence-electron chi connectivity index (χ4n) is 4.76. The predicted octanol–water partition coefficient (Wildman–Crippen LogP) is 1.35. The standard InChI is InChI=1S/C19H22BrN3O4/c1-4-8(2)23-16(25)13-14(17(23)26)19(22-15(13)9(3)24)11-7-10(20)5-6-12(11)21-18(19)27/h5-9,13-15,22,24H,4H2,1-3H3,(H,21,27)/t8?,9?,13-,14-,15?,19?/m0/s1. The molecular weight excluding hydrogens is 414 g/mol. The van der Waals surface area contributed by atoms with Gasteiger partial charge in [0.2, 0.25) is 17.7 Å². The van der Waals surface area contributed by atoms with E-state index in [9.17, 15) is 19.5 Å². The maximum Gasteiger partial charge on any atom is 0.250 e. The molecule has 0 aliphatic carbocycles. The summed E-state index contributed by atoms with van der Waals surface area (Å²) in [5.74, 6) is -2.68. The lowest BCUT2D eigenvalue weighted by Gasteiger charge is -2.31. The molecule has 27 heavy (non-hydrogen) atoms. The Labute approximate surface area is 165 Å². The average Bonchev–Trinajstić information content (AvgIpc) is 3.20. The Bertz CT molecular complexity index is 857. The molecule has 7 nitrogen and oxygen atoms in total. The Morgan fingerprint density at radius 2 is 1.96 bits per heavy atom. The van der Waals surface area contributed by atoms with Gasteiger partial charge in [-0.15, -0.1) is 0 Å². The normalized spacial score (nSPS) is 34.0. The van der Waals surface area contributed by atoms with Crippen molar-refractivity contribution < 1.29 is 19.5 Å². The van der Waals surface area contributed by atoms with E-state index in [-0.39, 0.29) is 23.8 Å². The van der Waals surface area contributed by atoms with Crippen molar-refractivity contribution in [3.05, 3.63) is 28.2 Å². The molecule has 1 aromatic rings. The second kappa shape index (κ2) is 6.12. The first kappa shape index (κ1) is 18.6. The van der Waals surface area contributed by atoms with E-state index in [1.807, 2.05) is 19.9 Å². The van der Waals surface area contributed by atoms with Crippen LogP contribution in [-0.2, 0) is 19.9 Å². The minimum absolute atomic E-state index is 0.256. The van der Waals surface area contributed by atoms with Crippen LogP contribution < -0.4 is 10.6 Å². The lowest BCUT2D eigenvalue weighted by Crippen LogP contribution is -2.55. The van der Waals surface area contributed by atoms with Crippen LogP contribution in [0, 0.1) is 11.8 Å². The number of nitrogens with zero attached hydrogens (tertiary/aromatic N) is 1. The van der Waals surface area contributed by atoms with E-state index >= 15 is 0 Å². The molecule has 0 bridgehead atoms. The van der Waals surface area contributed by atoms with Gasteiger partial charge in [0.25, 0.3) is 0 Å². The number of anilines is 1. The van der Waals surface area contributed by atoms with Gasteiger partial charge in [-0.1, -0.05) is 22.9 Å². The molecule has 0 aromatic heterocycles. The summed E-state index contributed by atoms with van der Waals surface area (Å²) in [6.45, 7) is 5.31. The molecule has 2 saturated heterocycles. The summed E-state index contributed by atoms with van der Waals surface area (Å²) in [4.78, 5) is 40.9. The highest BCUT2D eigenvalue weighted by Gasteiger charge is 2.71. The molecule has 0 saturated carbocycles. The van der Waals surface area contributed by atoms with Gasteiger partial charge in [-0.05, 0) is 38.5 Å². The van der Waals surface area contributed by atoms with Crippen LogP contribution in [0.4, 0.5) is 5.69 Å². The maximum atomic E-state index is 13.4. The van der Waals surface area contributed by atoms with Crippen LogP contribution in [0.5, 0.6) is 0 Å². The van der Waals surface area contributed by atoms with Crippen molar-refractivity contribution in [2.75, 3.05) is 5.32 Å². The van der Waals surface area contributed by atoms with E-state index in [1.54, 1.807) is 19.1 Å². The van der Waals surface area contributed by atoms with Gasteiger partial charge in [0.1, 0.15) is 5.54 Å². The zero-order chi connectivity index (χ0) is 19.7. The fourth-order valence-corrected chi connectivity index (χ4v) is 5.12. The average molecular weight is 436 g/mol. The van der Waals surface area contributed by atoms with Crippen molar-refractivity contribution >= 4 is 39.3 Å². The van der Waals surface area contributed by atoms with Crippen molar-refractivity contribution in [3.8, 4) is 0 Å². The smallest absolute Gasteiger partial charge is 0.250 e. The van der Waals surface area contributed by atoms with Crippen LogP contribution >= 0.6 is 15.9 Å². The van der Waals surface area contributed by atoms with Gasteiger partial charge in [0.05, 0.1) is 17.9 Å². The minimum Gasteiger partial charge on any atom is -0.392 e. The predicted molar refractivity (Wildman–Crippen MR) is 102 cm³/mol. The van der Waals surface area contributed by atoms with Crippen LogP contribution in [0.3, 0.4) is 0 Å². The number of nitrogens with one attached hydrogen (secondary N) is 2. The number of likely N-dealkylation sites (tertiary alicyclic amines) is 1. The summed E-state index contributed by atoms with van der Waals surface area (Å²) < 4.78 is 0.770. The Morgan fingerprint density at radius 3 is 2.59 bits per heavy atom. The van der Waals surface area contributed by atoms with Crippen LogP contribution in [-0.4, -0.2) is 45.9 Å². The molecule has 3 N–H and O–H groups in total. The van der Waals surface area contributed by atoms with E-state index in [4.69, 9.17) is 0 Å². The minimum atomic E-state index is -1.36. The number of fused-ring (bicyclic) bond motifs is 4. The second-order valence-electron chi connectivity index (χ2n) is 7.67. The molecule has 1 spiro atoms. The Kier molecular flexibility index (Phi) is 4.21. The summed E-state index contributed by atoms with van der Waals surface area (Å²) in [7, 11) is 0. The monoisotopic (exact) mass is 435 g/mol. The van der Waals surface area contributed by atoms with E-state index in [2.05, 4.69) is 26.6 Å². The van der Waals surface area contributed by atoms with E-state index in [0.717, 1.165) is 4.47 Å². The number of carbonyl (C=O) groups is 3. The van der Waals surface area contributed by atoms with Crippen molar-refractivity contribution in [1.29, 1.82) is 0 Å². The van der Waals surface area contributed by atoms with Gasteiger partial charge in [0, 0.05) is 27.8 Å². The number of halogens is 1. The lowest BCUT2D eigenvalue weighted by atomic mass is 9.76. The van der Waals surface area contributed by atoms with Crippen molar-refractivity contribution in [1.82, 2.24) is 10.2 Å². The van der Waals surface area contributed by atoms with Crippen molar-refractivity contribution in [2.45, 2.75) is 50.9 Å². The van der Waals surface area contributed by atoms with Gasteiger partial charge < -0.3 is 10.4 Å². The highest BCUT2D eigenvalue weighted by Crippen LogP contribution is 2.54. The third-order valence-corrected chi connectivity index (χ3v) is 6.69. The second-order valence-corrected chi connectivity index (χ2v) is 8.59. The summed E-state index contributed by atoms with van der Waals surface area (Å²) in [6, 6.07) is 4.44. The fraction of sp³-hybridized carbons (Fsp3) is 0.526. The number of benzene rings is 1. The maximum absolute atomic E-state index is 13.4. The Balaban J connectivity index is 1.92. The molecule has 3 heterocycles. The lowest BCUT2D eigenvalue weighted by molar-refractivity contribution is -0.145. The van der Waals surface area contributed by atoms with Crippen LogP contribution in [0.2, 0.25) is 0 Å². The van der Waals surface area contributed by atoms with Gasteiger partial charge >= 0.3 is 0 Å². The summed E-state index contributed by atoms with van der Waals surface area (Å²) in [6.07, 6.45) is -0.264. The molecule has 0 radical (unpaired) electrons. The number of amides is 3. The van der Waals surface area contributed by atoms with Gasteiger partial charge in [-0.2, -0.15) is 0 Å². The zero-order valence-corrected chi connectivity index (χ0v) is 16.9. The summed E-state index contributed by atoms with van der Waals surface area (Å²) in [5, 5.41) is 16.4. The van der Waals surface area contributed by atoms with Gasteiger partial charge in [-0.3, -0.25) is 24.6 Å². The van der Waals surface area contributed by atoms with Crippen LogP contribution in [0.1, 0.15) is 32.8 Å². The number of hydrogen-bond acceptors (Lipinski definition) is 5. The zero-order valence-electron chi connectivity index (χ0n) is 15.3. The first-order valence-electron chi connectivity index (χ1n) is 9.18. The number of rotatable bonds is 3. The van der Waals surface area contributed by atoms with Gasteiger partial charge in [0.15, 0.2) is 0 Å². The molecule has 6 atom stereocenters. The summed E-state index contributed by atoms with van der Waals surface area (Å²) in [5.41, 5.74) is -0.115. The number of aliphatic hydroxyl groups excluding tert-OH is 1. The summed E-state index contributed by atoms with van der Waals surface area (Å²) >= 11 is 3.43. The van der Waals surface area contributed by atoms with E-state index < -0.39 is 29.5 Å². The number of hydrogen-bond donors (Lipinski definition) is 3. The molecule has 2 fully saturated rings. The van der Waals surface area contributed by atoms with E-state index in [1.165, 1.54) is 4.90 Å². The molecule has 3 amide bonds. The van der Waals surface area contributed by atoms with Crippen molar-refractivity contribution in [2.24, 2.45) is 11.8 Å². The molecule has 3 aliphatic rings. The third kappa shape index (κ3) is 2.30. The van der Waals surface area contributed by atoms with Gasteiger partial charge in [-0.25, -0.2) is 0 Å². The molecule has 4 rings (SSSR count). The highest BCUT2D eigenvalue weighted by molar-refractivity contribution is 9.10. The highest BCUT2D eigenvalue weighted by atomic mass is 79.9. The SMILES string of the molecule is CCC(C)N1C(=O)[C@@H]2C(C(C)O)NC3(C(=O)Nc4ccc(Br)cc43)[C@@H]2C1=O. The third-order valence-electron chi connectivity index (χ3n) is 6.20. The first-order chi connectivity index (χ1) is 12.7. The molecule has 1 aromatic carbocycles. The Morgan fingerprint density at radius 1 is 1.26 bits per heavy atom. The quantitative estimate of drug-likeness (QED) is 0.622. The van der Waals surface area contributed by atoms with Crippen LogP contribution in [0.25, 0.3) is 0 Å². The number of imide groups is 1. The van der Waals surface area contributed by atoms with E-state index in [0.29, 0.717) is 17.7 Å². The number of aliphatic hydroxyl groups is 1. The Hall–Kier alpha value is -1.77. The largest absolute Gasteiger partial charge is 0.392 e. The number of carbonyl (C=O) groups excluding carboxylic acids is 3. The molecule has 8 heteroatoms. The first-order valence-corrected chi connectivity index (χ1v) is 9.97. The molecule has 3 aliphatic heterocycles. The molecule has 144 valence electrons.